The van der Waals surface area contributed by atoms with Crippen LogP contribution in [0.25, 0.3) is 0 Å². The van der Waals surface area contributed by atoms with Crippen molar-refractivity contribution < 1.29 is 8.95 Å². The summed E-state index contributed by atoms with van der Waals surface area (Å²) < 4.78 is 18.0. The molecule has 0 bridgehead atoms. The highest BCUT2D eigenvalue weighted by Crippen LogP contribution is 2.15. The molecule has 2 atom stereocenters. The summed E-state index contributed by atoms with van der Waals surface area (Å²) in [6, 6.07) is 7.74. The lowest BCUT2D eigenvalue weighted by Crippen LogP contribution is -2.47. The van der Waals surface area contributed by atoms with Crippen LogP contribution < -0.4 is 5.73 Å². The monoisotopic (exact) mass is 282 g/mol. The molecule has 0 spiro atoms. The van der Waals surface area contributed by atoms with Gasteiger partial charge in [0.05, 0.1) is 29.3 Å². The third kappa shape index (κ3) is 4.03. The van der Waals surface area contributed by atoms with Crippen LogP contribution in [0.3, 0.4) is 0 Å². The minimum Gasteiger partial charge on any atom is -0.399 e. The summed E-state index contributed by atoms with van der Waals surface area (Å²) in [5, 5.41) is 0. The first-order valence-corrected chi connectivity index (χ1v) is 7.97. The van der Waals surface area contributed by atoms with Gasteiger partial charge in [-0.2, -0.15) is 0 Å². The van der Waals surface area contributed by atoms with Crippen molar-refractivity contribution in [2.75, 3.05) is 31.2 Å². The van der Waals surface area contributed by atoms with Gasteiger partial charge in [-0.25, -0.2) is 0 Å². The van der Waals surface area contributed by atoms with E-state index >= 15 is 0 Å². The summed E-state index contributed by atoms with van der Waals surface area (Å²) in [5.74, 6) is 0.549. The molecule has 1 heterocycles. The molecule has 1 aromatic carbocycles. The summed E-state index contributed by atoms with van der Waals surface area (Å²) in [5.41, 5.74) is 6.33. The molecule has 0 aromatic heterocycles. The van der Waals surface area contributed by atoms with Gasteiger partial charge >= 0.3 is 0 Å². The zero-order valence-corrected chi connectivity index (χ0v) is 12.4. The highest BCUT2D eigenvalue weighted by atomic mass is 32.2. The molecule has 106 valence electrons. The van der Waals surface area contributed by atoms with Gasteiger partial charge < -0.3 is 10.5 Å². The normalized spacial score (nSPS) is 22.6. The van der Waals surface area contributed by atoms with Crippen LogP contribution in [0.2, 0.25) is 0 Å². The fraction of sp³-hybridized carbons (Fsp3) is 0.571. The third-order valence-electron chi connectivity index (χ3n) is 3.38. The number of ether oxygens (including phenoxy) is 1. The summed E-state index contributed by atoms with van der Waals surface area (Å²) >= 11 is 0. The van der Waals surface area contributed by atoms with E-state index in [1.165, 1.54) is 0 Å². The number of morpholine rings is 1. The molecule has 2 rings (SSSR count). The standard InChI is InChI=1S/C14H22N2O2S/c1-11(2)16-7-8-18-13(9-16)10-19(17)14-5-3-12(15)4-6-14/h3-6,11,13H,7-10,15H2,1-2H3. The van der Waals surface area contributed by atoms with E-state index < -0.39 is 10.8 Å². The van der Waals surface area contributed by atoms with E-state index in [1.54, 1.807) is 12.1 Å². The molecule has 0 saturated carbocycles. The molecule has 1 aromatic rings. The number of anilines is 1. The Morgan fingerprint density at radius 2 is 2.11 bits per heavy atom. The van der Waals surface area contributed by atoms with Crippen LogP contribution in [0.5, 0.6) is 0 Å². The van der Waals surface area contributed by atoms with Crippen molar-refractivity contribution in [2.24, 2.45) is 0 Å². The van der Waals surface area contributed by atoms with E-state index in [0.717, 1.165) is 24.6 Å². The van der Waals surface area contributed by atoms with Crippen molar-refractivity contribution in [3.05, 3.63) is 24.3 Å². The Kier molecular flexibility index (Phi) is 4.96. The highest BCUT2D eigenvalue weighted by Gasteiger charge is 2.24. The van der Waals surface area contributed by atoms with Gasteiger partial charge in [0.25, 0.3) is 0 Å². The number of hydrogen-bond acceptors (Lipinski definition) is 4. The van der Waals surface area contributed by atoms with E-state index in [0.29, 0.717) is 17.5 Å². The summed E-state index contributed by atoms with van der Waals surface area (Å²) in [6.45, 7) is 6.90. The van der Waals surface area contributed by atoms with Gasteiger partial charge in [0, 0.05) is 29.7 Å². The summed E-state index contributed by atoms with van der Waals surface area (Å²) in [7, 11) is -1.02. The average Bonchev–Trinajstić information content (AvgIpc) is 2.39. The number of hydrogen-bond donors (Lipinski definition) is 1. The third-order valence-corrected chi connectivity index (χ3v) is 4.85. The zero-order chi connectivity index (χ0) is 13.8. The Morgan fingerprint density at radius 1 is 1.42 bits per heavy atom. The molecule has 5 heteroatoms. The Labute approximate surface area is 117 Å². The zero-order valence-electron chi connectivity index (χ0n) is 11.5. The lowest BCUT2D eigenvalue weighted by Gasteiger charge is -2.35. The van der Waals surface area contributed by atoms with Gasteiger partial charge in [-0.1, -0.05) is 0 Å². The maximum atomic E-state index is 12.3. The Bertz CT molecular complexity index is 434. The molecule has 0 aliphatic carbocycles. The van der Waals surface area contributed by atoms with Crippen LogP contribution in [0.1, 0.15) is 13.8 Å². The molecule has 1 aliphatic rings. The van der Waals surface area contributed by atoms with E-state index in [-0.39, 0.29) is 6.10 Å². The Morgan fingerprint density at radius 3 is 2.74 bits per heavy atom. The molecule has 4 nitrogen and oxygen atoms in total. The van der Waals surface area contributed by atoms with Crippen LogP contribution in [0.4, 0.5) is 5.69 Å². The number of nitrogens with two attached hydrogens (primary N) is 1. The first kappa shape index (κ1) is 14.5. The Balaban J connectivity index is 1.93. The smallest absolute Gasteiger partial charge is 0.0821 e. The van der Waals surface area contributed by atoms with Crippen LogP contribution in [0, 0.1) is 0 Å². The second-order valence-electron chi connectivity index (χ2n) is 5.16. The maximum Gasteiger partial charge on any atom is 0.0821 e. The molecule has 1 fully saturated rings. The van der Waals surface area contributed by atoms with Crippen molar-refractivity contribution in [1.82, 2.24) is 4.90 Å². The van der Waals surface area contributed by atoms with Gasteiger partial charge in [-0.3, -0.25) is 9.11 Å². The molecule has 2 unspecified atom stereocenters. The predicted octanol–water partition coefficient (Wildman–Crippen LogP) is 1.49. The van der Waals surface area contributed by atoms with Crippen molar-refractivity contribution >= 4 is 16.5 Å². The van der Waals surface area contributed by atoms with Gasteiger partial charge in [0.1, 0.15) is 0 Å². The van der Waals surface area contributed by atoms with E-state index in [1.807, 2.05) is 12.1 Å². The lowest BCUT2D eigenvalue weighted by atomic mass is 10.2. The maximum absolute atomic E-state index is 12.3. The van der Waals surface area contributed by atoms with Crippen molar-refractivity contribution in [3.63, 3.8) is 0 Å². The largest absolute Gasteiger partial charge is 0.399 e. The van der Waals surface area contributed by atoms with Gasteiger partial charge in [-0.05, 0) is 38.1 Å². The fourth-order valence-electron chi connectivity index (χ4n) is 2.20. The number of nitrogens with zero attached hydrogens (tertiary/aromatic N) is 1. The van der Waals surface area contributed by atoms with Crippen LogP contribution in [-0.4, -0.2) is 46.7 Å². The Hall–Kier alpha value is -0.910. The molecular formula is C14H22N2O2S. The van der Waals surface area contributed by atoms with Crippen LogP contribution in [0.15, 0.2) is 29.2 Å². The van der Waals surface area contributed by atoms with E-state index in [4.69, 9.17) is 10.5 Å². The summed E-state index contributed by atoms with van der Waals surface area (Å²) in [4.78, 5) is 3.19. The summed E-state index contributed by atoms with van der Waals surface area (Å²) in [6.07, 6.45) is 0.0505. The van der Waals surface area contributed by atoms with Crippen molar-refractivity contribution in [1.29, 1.82) is 0 Å². The van der Waals surface area contributed by atoms with E-state index in [9.17, 15) is 4.21 Å². The van der Waals surface area contributed by atoms with Crippen LogP contribution >= 0.6 is 0 Å². The minimum absolute atomic E-state index is 0.0505. The average molecular weight is 282 g/mol. The highest BCUT2D eigenvalue weighted by molar-refractivity contribution is 7.85. The van der Waals surface area contributed by atoms with Gasteiger partial charge in [-0.15, -0.1) is 0 Å². The fourth-order valence-corrected chi connectivity index (χ4v) is 3.37. The van der Waals surface area contributed by atoms with Crippen molar-refractivity contribution in [3.8, 4) is 0 Å². The molecule has 0 amide bonds. The number of benzene rings is 1. The molecule has 0 radical (unpaired) electrons. The minimum atomic E-state index is -1.02. The topological polar surface area (TPSA) is 55.6 Å². The molecule has 1 aliphatic heterocycles. The lowest BCUT2D eigenvalue weighted by molar-refractivity contribution is -0.0268. The molecule has 1 saturated heterocycles. The first-order valence-electron chi connectivity index (χ1n) is 6.66. The quantitative estimate of drug-likeness (QED) is 0.850. The van der Waals surface area contributed by atoms with Gasteiger partial charge in [0.15, 0.2) is 0 Å². The van der Waals surface area contributed by atoms with Crippen LogP contribution in [-0.2, 0) is 15.5 Å². The molecule has 19 heavy (non-hydrogen) atoms. The second kappa shape index (κ2) is 6.50. The number of nitrogen functional groups attached to an aromatic ring is 1. The first-order chi connectivity index (χ1) is 9.06. The molecular weight excluding hydrogens is 260 g/mol. The number of rotatable bonds is 4. The van der Waals surface area contributed by atoms with E-state index in [2.05, 4.69) is 18.7 Å². The van der Waals surface area contributed by atoms with Crippen molar-refractivity contribution in [2.45, 2.75) is 30.9 Å². The SMILES string of the molecule is CC(C)N1CCOC(CS(=O)c2ccc(N)cc2)C1. The van der Waals surface area contributed by atoms with Gasteiger partial charge in [0.2, 0.25) is 0 Å². The predicted molar refractivity (Wildman–Crippen MR) is 78.6 cm³/mol. The molecule has 2 N–H and O–H groups in total. The second-order valence-corrected chi connectivity index (χ2v) is 6.66.